The molecule has 1 aromatic carbocycles. The molecule has 22 heavy (non-hydrogen) atoms. The second-order valence-corrected chi connectivity index (χ2v) is 4.72. The molecule has 0 spiro atoms. The number of carbonyl (C=O) groups is 1. The molecule has 2 rings (SSSR count). The Hall–Kier alpha value is -2.18. The standard InChI is InChI=1S/C16H20N2O4/c1-13(14-6-4-3-5-7-14)18-11-17-10-15(18)16(19)22-12-21-9-8-20-2/h3-7,10-11,13H,8-9,12H2,1-2H3. The third-order valence-electron chi connectivity index (χ3n) is 3.28. The number of rotatable bonds is 8. The molecule has 1 atom stereocenters. The van der Waals surface area contributed by atoms with Gasteiger partial charge in [0.25, 0.3) is 0 Å². The quantitative estimate of drug-likeness (QED) is 0.425. The summed E-state index contributed by atoms with van der Waals surface area (Å²) in [6, 6.07) is 9.88. The highest BCUT2D eigenvalue weighted by molar-refractivity contribution is 5.87. The van der Waals surface area contributed by atoms with Gasteiger partial charge in [-0.1, -0.05) is 30.3 Å². The van der Waals surface area contributed by atoms with Crippen LogP contribution in [-0.4, -0.2) is 42.6 Å². The van der Waals surface area contributed by atoms with Crippen LogP contribution in [0, 0.1) is 0 Å². The molecule has 0 radical (unpaired) electrons. The number of hydrogen-bond acceptors (Lipinski definition) is 5. The van der Waals surface area contributed by atoms with Crippen molar-refractivity contribution in [2.24, 2.45) is 0 Å². The van der Waals surface area contributed by atoms with Crippen molar-refractivity contribution in [2.45, 2.75) is 13.0 Å². The maximum Gasteiger partial charge on any atom is 0.358 e. The molecule has 6 heteroatoms. The molecule has 2 aromatic rings. The van der Waals surface area contributed by atoms with Gasteiger partial charge in [0, 0.05) is 7.11 Å². The number of methoxy groups -OCH3 is 1. The van der Waals surface area contributed by atoms with E-state index in [0.717, 1.165) is 5.56 Å². The SMILES string of the molecule is COCCOCOC(=O)c1cncn1C(C)c1ccccc1. The van der Waals surface area contributed by atoms with Crippen LogP contribution < -0.4 is 0 Å². The molecule has 0 bridgehead atoms. The summed E-state index contributed by atoms with van der Waals surface area (Å²) in [4.78, 5) is 16.1. The highest BCUT2D eigenvalue weighted by Crippen LogP contribution is 2.19. The van der Waals surface area contributed by atoms with Gasteiger partial charge in [-0.15, -0.1) is 0 Å². The van der Waals surface area contributed by atoms with Crippen molar-refractivity contribution in [2.75, 3.05) is 27.1 Å². The molecule has 0 aliphatic heterocycles. The van der Waals surface area contributed by atoms with Gasteiger partial charge in [0.15, 0.2) is 6.79 Å². The second kappa shape index (κ2) is 8.31. The Kier molecular flexibility index (Phi) is 6.12. The van der Waals surface area contributed by atoms with Gasteiger partial charge < -0.3 is 18.8 Å². The minimum absolute atomic E-state index is 0.0133. The third kappa shape index (κ3) is 4.16. The van der Waals surface area contributed by atoms with Gasteiger partial charge in [0.1, 0.15) is 5.69 Å². The van der Waals surface area contributed by atoms with Crippen LogP contribution >= 0.6 is 0 Å². The van der Waals surface area contributed by atoms with E-state index in [1.807, 2.05) is 37.3 Å². The van der Waals surface area contributed by atoms with Gasteiger partial charge >= 0.3 is 5.97 Å². The van der Waals surface area contributed by atoms with E-state index < -0.39 is 5.97 Å². The van der Waals surface area contributed by atoms with Crippen LogP contribution in [0.1, 0.15) is 29.0 Å². The number of esters is 1. The maximum atomic E-state index is 12.1. The van der Waals surface area contributed by atoms with Gasteiger partial charge in [-0.3, -0.25) is 0 Å². The summed E-state index contributed by atoms with van der Waals surface area (Å²) in [5, 5.41) is 0. The average Bonchev–Trinajstić information content (AvgIpc) is 3.04. The van der Waals surface area contributed by atoms with E-state index in [0.29, 0.717) is 18.9 Å². The Labute approximate surface area is 129 Å². The Morgan fingerprint density at radius 2 is 2.05 bits per heavy atom. The molecule has 1 heterocycles. The molecule has 1 aromatic heterocycles. The van der Waals surface area contributed by atoms with Gasteiger partial charge in [-0.05, 0) is 12.5 Å². The first kappa shape index (κ1) is 16.2. The molecular weight excluding hydrogens is 284 g/mol. The van der Waals surface area contributed by atoms with E-state index in [1.54, 1.807) is 18.0 Å². The summed E-state index contributed by atoms with van der Waals surface area (Å²) >= 11 is 0. The molecule has 6 nitrogen and oxygen atoms in total. The topological polar surface area (TPSA) is 62.6 Å². The number of ether oxygens (including phenoxy) is 3. The minimum atomic E-state index is -0.460. The van der Waals surface area contributed by atoms with E-state index in [4.69, 9.17) is 14.2 Å². The highest BCUT2D eigenvalue weighted by atomic mass is 16.7. The molecule has 0 amide bonds. The molecule has 1 unspecified atom stereocenters. The highest BCUT2D eigenvalue weighted by Gasteiger charge is 2.18. The molecule has 0 aliphatic rings. The van der Waals surface area contributed by atoms with E-state index in [2.05, 4.69) is 4.98 Å². The van der Waals surface area contributed by atoms with Crippen LogP contribution in [0.2, 0.25) is 0 Å². The fourth-order valence-corrected chi connectivity index (χ4v) is 2.03. The van der Waals surface area contributed by atoms with E-state index in [-0.39, 0.29) is 12.8 Å². The Morgan fingerprint density at radius 3 is 2.77 bits per heavy atom. The summed E-state index contributed by atoms with van der Waals surface area (Å²) in [5.41, 5.74) is 1.48. The van der Waals surface area contributed by atoms with E-state index in [9.17, 15) is 4.79 Å². The van der Waals surface area contributed by atoms with Crippen LogP contribution in [0.3, 0.4) is 0 Å². The van der Waals surface area contributed by atoms with Crippen molar-refractivity contribution in [3.8, 4) is 0 Å². The van der Waals surface area contributed by atoms with Crippen LogP contribution in [0.5, 0.6) is 0 Å². The number of carbonyl (C=O) groups excluding carboxylic acids is 1. The van der Waals surface area contributed by atoms with Gasteiger partial charge in [-0.25, -0.2) is 9.78 Å². The zero-order valence-electron chi connectivity index (χ0n) is 12.8. The van der Waals surface area contributed by atoms with Crippen molar-refractivity contribution in [3.63, 3.8) is 0 Å². The monoisotopic (exact) mass is 304 g/mol. The summed E-state index contributed by atoms with van der Waals surface area (Å²) in [7, 11) is 1.58. The van der Waals surface area contributed by atoms with Crippen molar-refractivity contribution >= 4 is 5.97 Å². The predicted molar refractivity (Wildman–Crippen MR) is 80.6 cm³/mol. The van der Waals surface area contributed by atoms with Crippen LogP contribution in [-0.2, 0) is 14.2 Å². The minimum Gasteiger partial charge on any atom is -0.434 e. The number of hydrogen-bond donors (Lipinski definition) is 0. The molecule has 118 valence electrons. The van der Waals surface area contributed by atoms with E-state index in [1.165, 1.54) is 6.20 Å². The predicted octanol–water partition coefficient (Wildman–Crippen LogP) is 2.27. The second-order valence-electron chi connectivity index (χ2n) is 4.72. The van der Waals surface area contributed by atoms with Crippen molar-refractivity contribution in [3.05, 3.63) is 54.1 Å². The Balaban J connectivity index is 1.98. The molecule has 0 N–H and O–H groups in total. The number of nitrogens with zero attached hydrogens (tertiary/aromatic N) is 2. The lowest BCUT2D eigenvalue weighted by Gasteiger charge is -2.16. The lowest BCUT2D eigenvalue weighted by atomic mass is 10.1. The lowest BCUT2D eigenvalue weighted by Crippen LogP contribution is -2.17. The van der Waals surface area contributed by atoms with Crippen LogP contribution in [0.4, 0.5) is 0 Å². The Bertz CT molecular complexity index is 583. The molecular formula is C16H20N2O4. The average molecular weight is 304 g/mol. The lowest BCUT2D eigenvalue weighted by molar-refractivity contribution is -0.0442. The smallest absolute Gasteiger partial charge is 0.358 e. The maximum absolute atomic E-state index is 12.1. The summed E-state index contributed by atoms with van der Waals surface area (Å²) in [6.45, 7) is 2.74. The van der Waals surface area contributed by atoms with Crippen LogP contribution in [0.15, 0.2) is 42.9 Å². The van der Waals surface area contributed by atoms with Crippen molar-refractivity contribution in [1.29, 1.82) is 0 Å². The van der Waals surface area contributed by atoms with Crippen molar-refractivity contribution < 1.29 is 19.0 Å². The van der Waals surface area contributed by atoms with Gasteiger partial charge in [-0.2, -0.15) is 0 Å². The Morgan fingerprint density at radius 1 is 1.27 bits per heavy atom. The first-order chi connectivity index (χ1) is 10.7. The zero-order chi connectivity index (χ0) is 15.8. The molecule has 0 fully saturated rings. The number of benzene rings is 1. The van der Waals surface area contributed by atoms with Gasteiger partial charge in [0.2, 0.25) is 0 Å². The summed E-state index contributed by atoms with van der Waals surface area (Å²) < 4.78 is 16.8. The summed E-state index contributed by atoms with van der Waals surface area (Å²) in [5.74, 6) is -0.460. The number of imidazole rings is 1. The first-order valence-corrected chi connectivity index (χ1v) is 7.04. The molecule has 0 saturated carbocycles. The fourth-order valence-electron chi connectivity index (χ4n) is 2.03. The van der Waals surface area contributed by atoms with Crippen LogP contribution in [0.25, 0.3) is 0 Å². The fraction of sp³-hybridized carbons (Fsp3) is 0.375. The summed E-state index contributed by atoms with van der Waals surface area (Å²) in [6.07, 6.45) is 3.12. The molecule has 0 saturated heterocycles. The largest absolute Gasteiger partial charge is 0.434 e. The van der Waals surface area contributed by atoms with E-state index >= 15 is 0 Å². The third-order valence-corrected chi connectivity index (χ3v) is 3.28. The normalized spacial score (nSPS) is 12.1. The number of aromatic nitrogens is 2. The molecule has 0 aliphatic carbocycles. The zero-order valence-corrected chi connectivity index (χ0v) is 12.8. The van der Waals surface area contributed by atoms with Crippen molar-refractivity contribution in [1.82, 2.24) is 9.55 Å². The first-order valence-electron chi connectivity index (χ1n) is 7.04. The van der Waals surface area contributed by atoms with Gasteiger partial charge in [0.05, 0.1) is 31.8 Å².